The van der Waals surface area contributed by atoms with Gasteiger partial charge in [-0.3, -0.25) is 9.69 Å². The van der Waals surface area contributed by atoms with Crippen LogP contribution in [0, 0.1) is 5.82 Å². The number of aromatic nitrogens is 1. The quantitative estimate of drug-likeness (QED) is 0.632. The number of piperidine rings is 1. The highest BCUT2D eigenvalue weighted by atomic mass is 32.2. The molecule has 1 aromatic heterocycles. The minimum atomic E-state index is -3.15. The Morgan fingerprint density at radius 1 is 1.12 bits per heavy atom. The number of carboxylic acid groups (broad SMARTS) is 1. The van der Waals surface area contributed by atoms with Crippen molar-refractivity contribution in [2.24, 2.45) is 0 Å². The van der Waals surface area contributed by atoms with E-state index < -0.39 is 32.3 Å². The van der Waals surface area contributed by atoms with Crippen LogP contribution in [-0.4, -0.2) is 53.6 Å². The summed E-state index contributed by atoms with van der Waals surface area (Å²) in [4.78, 5) is 27.6. The lowest BCUT2D eigenvalue weighted by molar-refractivity contribution is 0.0684. The maximum absolute atomic E-state index is 14.1. The van der Waals surface area contributed by atoms with Gasteiger partial charge in [0.25, 0.3) is 0 Å². The number of aromatic carboxylic acids is 1. The number of likely N-dealkylation sites (tertiary alicyclic amines) is 1. The van der Waals surface area contributed by atoms with Crippen LogP contribution in [0.2, 0.25) is 0 Å². The fourth-order valence-electron chi connectivity index (χ4n) is 4.34. The van der Waals surface area contributed by atoms with Crippen molar-refractivity contribution in [3.8, 4) is 5.69 Å². The van der Waals surface area contributed by atoms with E-state index in [1.807, 2.05) is 4.90 Å². The Bertz CT molecular complexity index is 1340. The van der Waals surface area contributed by atoms with Gasteiger partial charge < -0.3 is 9.67 Å². The van der Waals surface area contributed by atoms with E-state index in [1.165, 1.54) is 23.0 Å². The van der Waals surface area contributed by atoms with Crippen molar-refractivity contribution >= 4 is 26.7 Å². The predicted octanol–water partition coefficient (Wildman–Crippen LogP) is 2.84. The van der Waals surface area contributed by atoms with E-state index in [1.54, 1.807) is 30.3 Å². The third kappa shape index (κ3) is 4.18. The van der Waals surface area contributed by atoms with Gasteiger partial charge in [0.15, 0.2) is 5.43 Å². The molecule has 7 nitrogen and oxygen atoms in total. The number of rotatable bonds is 5. The second-order valence-electron chi connectivity index (χ2n) is 8.10. The van der Waals surface area contributed by atoms with Crippen molar-refractivity contribution in [2.45, 2.75) is 24.6 Å². The normalized spacial score (nSPS) is 15.8. The Balaban J connectivity index is 1.87. The van der Waals surface area contributed by atoms with Gasteiger partial charge in [0, 0.05) is 29.4 Å². The van der Waals surface area contributed by atoms with Crippen LogP contribution in [0.15, 0.2) is 53.3 Å². The first-order valence-corrected chi connectivity index (χ1v) is 12.2. The maximum atomic E-state index is 14.1. The van der Waals surface area contributed by atoms with Gasteiger partial charge in [0.05, 0.1) is 10.8 Å². The lowest BCUT2D eigenvalue weighted by Gasteiger charge is -2.31. The highest BCUT2D eigenvalue weighted by Crippen LogP contribution is 2.25. The smallest absolute Gasteiger partial charge is 0.353 e. The van der Waals surface area contributed by atoms with Crippen molar-refractivity contribution in [2.75, 3.05) is 19.3 Å². The number of sulfone groups is 1. The van der Waals surface area contributed by atoms with Crippen LogP contribution in [0.3, 0.4) is 0 Å². The van der Waals surface area contributed by atoms with E-state index in [9.17, 15) is 27.5 Å². The zero-order chi connectivity index (χ0) is 23.0. The van der Waals surface area contributed by atoms with E-state index >= 15 is 0 Å². The van der Waals surface area contributed by atoms with Crippen LogP contribution < -0.4 is 5.43 Å². The number of carbonyl (C=O) groups is 1. The Kier molecular flexibility index (Phi) is 5.87. The molecule has 0 atom stereocenters. The molecule has 0 amide bonds. The number of hydrogen-bond donors (Lipinski definition) is 1. The molecule has 0 aliphatic carbocycles. The minimum absolute atomic E-state index is 0.0666. The molecule has 1 aliphatic rings. The van der Waals surface area contributed by atoms with E-state index in [4.69, 9.17) is 0 Å². The molecule has 3 aromatic rings. The molecule has 168 valence electrons. The van der Waals surface area contributed by atoms with E-state index in [0.717, 1.165) is 6.07 Å². The third-order valence-corrected chi connectivity index (χ3v) is 7.65. The van der Waals surface area contributed by atoms with Gasteiger partial charge in [0.1, 0.15) is 21.3 Å². The number of para-hydroxylation sites is 1. The molecule has 9 heteroatoms. The topological polar surface area (TPSA) is 96.7 Å². The largest absolute Gasteiger partial charge is 0.477 e. The average Bonchev–Trinajstić information content (AvgIpc) is 2.75. The molecular weight excluding hydrogens is 435 g/mol. The first-order chi connectivity index (χ1) is 15.2. The number of pyridine rings is 1. The molecule has 2 aromatic carbocycles. The van der Waals surface area contributed by atoms with Crippen molar-refractivity contribution in [1.29, 1.82) is 0 Å². The molecule has 4 rings (SSSR count). The highest BCUT2D eigenvalue weighted by molar-refractivity contribution is 7.91. The summed E-state index contributed by atoms with van der Waals surface area (Å²) in [7, 11) is -3.15. The van der Waals surface area contributed by atoms with Gasteiger partial charge in [0.2, 0.25) is 0 Å². The Morgan fingerprint density at radius 2 is 1.78 bits per heavy atom. The summed E-state index contributed by atoms with van der Waals surface area (Å²) < 4.78 is 39.2. The number of nitrogens with zero attached hydrogens (tertiary/aromatic N) is 2. The predicted molar refractivity (Wildman–Crippen MR) is 120 cm³/mol. The number of fused-ring (bicyclic) bond motifs is 1. The van der Waals surface area contributed by atoms with Gasteiger partial charge >= 0.3 is 5.97 Å². The van der Waals surface area contributed by atoms with Gasteiger partial charge in [-0.25, -0.2) is 17.6 Å². The van der Waals surface area contributed by atoms with E-state index in [2.05, 4.69) is 0 Å². The van der Waals surface area contributed by atoms with Gasteiger partial charge in [-0.05, 0) is 56.3 Å². The molecule has 32 heavy (non-hydrogen) atoms. The molecule has 0 spiro atoms. The lowest BCUT2D eigenvalue weighted by Crippen LogP contribution is -2.40. The Labute approximate surface area is 184 Å². The molecule has 0 unspecified atom stereocenters. The molecule has 1 N–H and O–H groups in total. The van der Waals surface area contributed by atoms with Crippen molar-refractivity contribution in [3.63, 3.8) is 0 Å². The number of carboxylic acids is 1. The second-order valence-corrected chi connectivity index (χ2v) is 10.4. The minimum Gasteiger partial charge on any atom is -0.477 e. The third-order valence-electron chi connectivity index (χ3n) is 5.97. The number of hydrogen-bond acceptors (Lipinski definition) is 5. The van der Waals surface area contributed by atoms with Crippen LogP contribution in [0.1, 0.15) is 28.9 Å². The molecule has 0 radical (unpaired) electrons. The number of halogens is 1. The zero-order valence-corrected chi connectivity index (χ0v) is 18.3. The van der Waals surface area contributed by atoms with Gasteiger partial charge in [-0.1, -0.05) is 18.2 Å². The summed E-state index contributed by atoms with van der Waals surface area (Å²) in [6, 6.07) is 12.4. The molecule has 1 saturated heterocycles. The van der Waals surface area contributed by atoms with Crippen molar-refractivity contribution in [3.05, 3.63) is 75.8 Å². The van der Waals surface area contributed by atoms with Crippen LogP contribution in [-0.2, 0) is 16.4 Å². The molecular formula is C23H23FN2O5S. The average molecular weight is 459 g/mol. The summed E-state index contributed by atoms with van der Waals surface area (Å²) in [6.07, 6.45) is 2.07. The SMILES string of the molecule is CS(=O)(=O)C1CCN(Cc2c(C(=O)O)n(-c3ccccc3)c3cc(F)ccc3c2=O)CC1. The summed E-state index contributed by atoms with van der Waals surface area (Å²) in [6.45, 7) is 0.934. The summed E-state index contributed by atoms with van der Waals surface area (Å²) >= 11 is 0. The molecule has 1 fully saturated rings. The standard InChI is InChI=1S/C23H23FN2O5S/c1-32(30,31)17-9-11-25(12-10-17)14-19-21(23(28)29)26(16-5-3-2-4-6-16)20-13-15(24)7-8-18(20)22(19)27/h2-8,13,17H,9-12,14H2,1H3,(H,28,29). The first kappa shape index (κ1) is 22.2. The van der Waals surface area contributed by atoms with Gasteiger partial charge in [-0.15, -0.1) is 0 Å². The van der Waals surface area contributed by atoms with E-state index in [0.29, 0.717) is 31.6 Å². The van der Waals surface area contributed by atoms with Crippen LogP contribution in [0.5, 0.6) is 0 Å². The molecule has 0 saturated carbocycles. The van der Waals surface area contributed by atoms with E-state index in [-0.39, 0.29) is 28.7 Å². The summed E-state index contributed by atoms with van der Waals surface area (Å²) in [5.41, 5.74) is 0.0910. The van der Waals surface area contributed by atoms with Crippen molar-refractivity contribution < 1.29 is 22.7 Å². The van der Waals surface area contributed by atoms with Crippen LogP contribution in [0.4, 0.5) is 4.39 Å². The number of benzene rings is 2. The first-order valence-electron chi connectivity index (χ1n) is 10.2. The molecule has 2 heterocycles. The van der Waals surface area contributed by atoms with Crippen LogP contribution >= 0.6 is 0 Å². The lowest BCUT2D eigenvalue weighted by atomic mass is 10.0. The monoisotopic (exact) mass is 458 g/mol. The Hall–Kier alpha value is -3.04. The van der Waals surface area contributed by atoms with Crippen molar-refractivity contribution in [1.82, 2.24) is 9.47 Å². The zero-order valence-electron chi connectivity index (χ0n) is 17.5. The Morgan fingerprint density at radius 3 is 2.38 bits per heavy atom. The van der Waals surface area contributed by atoms with Gasteiger partial charge in [-0.2, -0.15) is 0 Å². The fourth-order valence-corrected chi connectivity index (χ4v) is 5.41. The van der Waals surface area contributed by atoms with Crippen LogP contribution in [0.25, 0.3) is 16.6 Å². The second kappa shape index (κ2) is 8.48. The fraction of sp³-hybridized carbons (Fsp3) is 0.304. The summed E-state index contributed by atoms with van der Waals surface area (Å²) in [5.74, 6) is -1.87. The highest BCUT2D eigenvalue weighted by Gasteiger charge is 2.29. The summed E-state index contributed by atoms with van der Waals surface area (Å²) in [5, 5.41) is 9.88. The molecule has 1 aliphatic heterocycles. The molecule has 0 bridgehead atoms. The maximum Gasteiger partial charge on any atom is 0.353 e.